The summed E-state index contributed by atoms with van der Waals surface area (Å²) in [6.45, 7) is 9.08. The van der Waals surface area contributed by atoms with E-state index in [0.29, 0.717) is 6.61 Å². The van der Waals surface area contributed by atoms with Crippen molar-refractivity contribution in [3.05, 3.63) is 35.9 Å². The van der Waals surface area contributed by atoms with Gasteiger partial charge in [-0.2, -0.15) is 0 Å². The molecule has 0 atom stereocenters. The monoisotopic (exact) mass is 328 g/mol. The fraction of sp³-hybridized carbons (Fsp3) is 0.444. The summed E-state index contributed by atoms with van der Waals surface area (Å²) in [5.41, 5.74) is 1.89. The van der Waals surface area contributed by atoms with Crippen molar-refractivity contribution < 1.29 is 14.0 Å². The van der Waals surface area contributed by atoms with Crippen molar-refractivity contribution in [3.8, 4) is 16.2 Å². The minimum Gasteiger partial charge on any atom is -0.493 e. The van der Waals surface area contributed by atoms with Crippen molar-refractivity contribution in [2.24, 2.45) is 0 Å². The average molecular weight is 328 g/mol. The number of thiophene rings is 1. The lowest BCUT2D eigenvalue weighted by Gasteiger charge is -2.32. The molecule has 23 heavy (non-hydrogen) atoms. The summed E-state index contributed by atoms with van der Waals surface area (Å²) in [5.74, 6) is 0.966. The maximum absolute atomic E-state index is 6.20. The summed E-state index contributed by atoms with van der Waals surface area (Å²) < 4.78 is 19.4. The van der Waals surface area contributed by atoms with Crippen molar-refractivity contribution in [3.63, 3.8) is 0 Å². The van der Waals surface area contributed by atoms with E-state index in [9.17, 15) is 0 Å². The molecule has 0 bridgehead atoms. The van der Waals surface area contributed by atoms with E-state index in [1.807, 2.05) is 12.1 Å². The molecule has 1 saturated heterocycles. The molecule has 0 N–H and O–H groups in total. The second-order valence-electron chi connectivity index (χ2n) is 7.19. The zero-order valence-electron chi connectivity index (χ0n) is 14.0. The predicted molar refractivity (Wildman–Crippen MR) is 94.7 cm³/mol. The van der Waals surface area contributed by atoms with Gasteiger partial charge in [-0.15, -0.1) is 11.3 Å². The van der Waals surface area contributed by atoms with Crippen molar-refractivity contribution in [1.82, 2.24) is 0 Å². The van der Waals surface area contributed by atoms with Gasteiger partial charge in [0.15, 0.2) is 0 Å². The molecule has 4 rings (SSSR count). The minimum atomic E-state index is -0.305. The van der Waals surface area contributed by atoms with Crippen LogP contribution < -0.4 is 9.51 Å². The van der Waals surface area contributed by atoms with Crippen LogP contribution in [-0.2, 0) is 15.7 Å². The maximum Gasteiger partial charge on any atom is 0.505 e. The Hall–Kier alpha value is -1.30. The third-order valence-corrected chi connectivity index (χ3v) is 6.31. The molecule has 0 saturated carbocycles. The van der Waals surface area contributed by atoms with Crippen LogP contribution in [-0.4, -0.2) is 24.9 Å². The van der Waals surface area contributed by atoms with Crippen LogP contribution in [0.3, 0.4) is 0 Å². The molecule has 0 unspecified atom stereocenters. The second-order valence-corrected chi connectivity index (χ2v) is 8.27. The first-order valence-electron chi connectivity index (χ1n) is 8.08. The first kappa shape index (κ1) is 15.2. The Morgan fingerprint density at radius 1 is 1.04 bits per heavy atom. The van der Waals surface area contributed by atoms with Crippen LogP contribution in [0.4, 0.5) is 0 Å². The number of para-hydroxylation sites is 1. The summed E-state index contributed by atoms with van der Waals surface area (Å²) in [4.78, 5) is 1.28. The number of hydrogen-bond acceptors (Lipinski definition) is 4. The minimum absolute atomic E-state index is 0.287. The van der Waals surface area contributed by atoms with Crippen LogP contribution in [0.2, 0.25) is 0 Å². The standard InChI is InChI=1S/C18H21BO3S/c1-17(2)18(3,4)22-19(21-17)15-11-12-9-10-20-14-8-6-5-7-13(14)16(12)23-15/h5-8,11H,9-10H2,1-4H3. The summed E-state index contributed by atoms with van der Waals surface area (Å²) in [5, 5.41) is 0. The Balaban J connectivity index is 1.74. The molecule has 3 heterocycles. The molecule has 1 aromatic heterocycles. The lowest BCUT2D eigenvalue weighted by Crippen LogP contribution is -2.41. The lowest BCUT2D eigenvalue weighted by molar-refractivity contribution is 0.00578. The van der Waals surface area contributed by atoms with Crippen LogP contribution in [0.1, 0.15) is 33.3 Å². The van der Waals surface area contributed by atoms with E-state index >= 15 is 0 Å². The molecule has 1 aromatic carbocycles. The van der Waals surface area contributed by atoms with E-state index in [1.54, 1.807) is 11.3 Å². The van der Waals surface area contributed by atoms with Gasteiger partial charge >= 0.3 is 7.12 Å². The molecular weight excluding hydrogens is 307 g/mol. The number of fused-ring (bicyclic) bond motifs is 3. The van der Waals surface area contributed by atoms with Gasteiger partial charge in [0.05, 0.1) is 17.8 Å². The summed E-state index contributed by atoms with van der Waals surface area (Å²) >= 11 is 1.76. The normalized spacial score (nSPS) is 21.3. The van der Waals surface area contributed by atoms with Crippen molar-refractivity contribution in [2.45, 2.75) is 45.3 Å². The highest BCUT2D eigenvalue weighted by molar-refractivity contribution is 7.25. The van der Waals surface area contributed by atoms with Gasteiger partial charge in [-0.3, -0.25) is 0 Å². The average Bonchev–Trinajstić information content (AvgIpc) is 2.93. The maximum atomic E-state index is 6.20. The van der Waals surface area contributed by atoms with Gasteiger partial charge in [0, 0.05) is 21.6 Å². The van der Waals surface area contributed by atoms with E-state index in [4.69, 9.17) is 14.0 Å². The van der Waals surface area contributed by atoms with Gasteiger partial charge in [0.1, 0.15) is 5.75 Å². The summed E-state index contributed by atoms with van der Waals surface area (Å²) in [7, 11) is -0.287. The number of benzene rings is 1. The highest BCUT2D eigenvalue weighted by Gasteiger charge is 2.52. The first-order valence-corrected chi connectivity index (χ1v) is 8.89. The molecule has 0 spiro atoms. The molecule has 0 radical (unpaired) electrons. The van der Waals surface area contributed by atoms with Gasteiger partial charge in [-0.1, -0.05) is 12.1 Å². The van der Waals surface area contributed by atoms with Crippen LogP contribution in [0, 0.1) is 0 Å². The number of hydrogen-bond donors (Lipinski definition) is 0. The molecule has 2 aliphatic heterocycles. The van der Waals surface area contributed by atoms with Gasteiger partial charge in [0.25, 0.3) is 0 Å². The number of rotatable bonds is 1. The van der Waals surface area contributed by atoms with Gasteiger partial charge < -0.3 is 14.0 Å². The highest BCUT2D eigenvalue weighted by atomic mass is 32.1. The fourth-order valence-electron chi connectivity index (χ4n) is 2.99. The van der Waals surface area contributed by atoms with E-state index < -0.39 is 0 Å². The number of ether oxygens (including phenoxy) is 1. The lowest BCUT2D eigenvalue weighted by atomic mass is 9.87. The highest BCUT2D eigenvalue weighted by Crippen LogP contribution is 2.41. The largest absolute Gasteiger partial charge is 0.505 e. The zero-order chi connectivity index (χ0) is 16.2. The molecule has 120 valence electrons. The van der Waals surface area contributed by atoms with E-state index in [2.05, 4.69) is 45.9 Å². The third kappa shape index (κ3) is 2.42. The molecule has 1 fully saturated rings. The molecule has 5 heteroatoms. The van der Waals surface area contributed by atoms with Gasteiger partial charge in [-0.25, -0.2) is 0 Å². The van der Waals surface area contributed by atoms with Crippen LogP contribution in [0.5, 0.6) is 5.75 Å². The third-order valence-electron chi connectivity index (χ3n) is 5.07. The molecule has 0 aliphatic carbocycles. The van der Waals surface area contributed by atoms with Crippen LogP contribution in [0.15, 0.2) is 30.3 Å². The summed E-state index contributed by atoms with van der Waals surface area (Å²) in [6.07, 6.45) is 0.917. The molecule has 0 amide bonds. The van der Waals surface area contributed by atoms with Gasteiger partial charge in [0.2, 0.25) is 0 Å². The Labute approximate surface area is 141 Å². The van der Waals surface area contributed by atoms with Crippen molar-refractivity contribution in [1.29, 1.82) is 0 Å². The molecule has 3 nitrogen and oxygen atoms in total. The summed E-state index contributed by atoms with van der Waals surface area (Å²) in [6, 6.07) is 10.5. The Kier molecular flexibility index (Phi) is 3.38. The Morgan fingerprint density at radius 2 is 1.74 bits per heavy atom. The zero-order valence-corrected chi connectivity index (χ0v) is 14.8. The van der Waals surface area contributed by atoms with Crippen LogP contribution in [0.25, 0.3) is 10.4 Å². The molecular formula is C18H21BO3S. The SMILES string of the molecule is CC1(C)OB(c2cc3c(s2)-c2ccccc2OCC3)OC1(C)C. The topological polar surface area (TPSA) is 27.7 Å². The van der Waals surface area contributed by atoms with Crippen molar-refractivity contribution in [2.75, 3.05) is 6.61 Å². The fourth-order valence-corrected chi connectivity index (χ4v) is 4.19. The Morgan fingerprint density at radius 3 is 2.48 bits per heavy atom. The van der Waals surface area contributed by atoms with Crippen molar-refractivity contribution >= 4 is 23.2 Å². The smallest absolute Gasteiger partial charge is 0.493 e. The quantitative estimate of drug-likeness (QED) is 0.748. The molecule has 2 aromatic rings. The van der Waals surface area contributed by atoms with Gasteiger partial charge in [-0.05, 0) is 51.5 Å². The Bertz CT molecular complexity index is 734. The van der Waals surface area contributed by atoms with E-state index in [0.717, 1.165) is 16.9 Å². The predicted octanol–water partition coefficient (Wildman–Crippen LogP) is 3.65. The van der Waals surface area contributed by atoms with Crippen LogP contribution >= 0.6 is 11.3 Å². The van der Waals surface area contributed by atoms with E-state index in [1.165, 1.54) is 16.0 Å². The second kappa shape index (κ2) is 5.10. The molecule has 2 aliphatic rings. The first-order chi connectivity index (χ1) is 10.9. The van der Waals surface area contributed by atoms with E-state index in [-0.39, 0.29) is 18.3 Å².